The second-order valence-electron chi connectivity index (χ2n) is 12.6. The summed E-state index contributed by atoms with van der Waals surface area (Å²) in [5, 5.41) is 0. The van der Waals surface area contributed by atoms with E-state index in [0.717, 1.165) is 35.5 Å². The number of hydrogen-bond acceptors (Lipinski definition) is 0. The van der Waals surface area contributed by atoms with E-state index < -0.39 is 0 Å². The first kappa shape index (κ1) is 47.4. The summed E-state index contributed by atoms with van der Waals surface area (Å²) < 4.78 is 0. The molecule has 0 bridgehead atoms. The molecule has 35 heavy (non-hydrogen) atoms. The summed E-state index contributed by atoms with van der Waals surface area (Å²) >= 11 is 0. The van der Waals surface area contributed by atoms with Crippen molar-refractivity contribution >= 4 is 0 Å². The molecule has 0 spiro atoms. The molecule has 0 saturated carbocycles. The molecule has 1 rings (SSSR count). The smallest absolute Gasteiger partial charge is 0.0256 e. The van der Waals surface area contributed by atoms with Crippen molar-refractivity contribution in [3.63, 3.8) is 0 Å². The third-order valence-corrected chi connectivity index (χ3v) is 5.37. The van der Waals surface area contributed by atoms with Crippen molar-refractivity contribution in [3.8, 4) is 0 Å². The topological polar surface area (TPSA) is 0 Å². The van der Waals surface area contributed by atoms with Gasteiger partial charge in [0.05, 0.1) is 0 Å². The van der Waals surface area contributed by atoms with Gasteiger partial charge in [-0.3, -0.25) is 0 Å². The first-order valence-electron chi connectivity index (χ1n) is 14.4. The van der Waals surface area contributed by atoms with E-state index in [-0.39, 0.29) is 7.43 Å². The first-order chi connectivity index (χ1) is 15.4. The lowest BCUT2D eigenvalue weighted by Gasteiger charge is -2.22. The van der Waals surface area contributed by atoms with E-state index in [1.807, 2.05) is 13.8 Å². The van der Waals surface area contributed by atoms with Crippen LogP contribution in [0.3, 0.4) is 0 Å². The van der Waals surface area contributed by atoms with Crippen LogP contribution in [0.4, 0.5) is 0 Å². The summed E-state index contributed by atoms with van der Waals surface area (Å²) in [5.41, 5.74) is 1.94. The maximum atomic E-state index is 2.26. The van der Waals surface area contributed by atoms with Gasteiger partial charge >= 0.3 is 0 Å². The maximum absolute atomic E-state index is 2.26. The molecule has 1 aromatic carbocycles. The summed E-state index contributed by atoms with van der Waals surface area (Å²) in [6, 6.07) is 10.6. The average molecular weight is 497 g/mol. The van der Waals surface area contributed by atoms with Crippen molar-refractivity contribution in [1.29, 1.82) is 0 Å². The van der Waals surface area contributed by atoms with Crippen molar-refractivity contribution < 1.29 is 0 Å². The zero-order valence-corrected chi connectivity index (χ0v) is 27.8. The molecule has 0 aromatic heterocycles. The molecule has 0 aliphatic heterocycles. The predicted octanol–water partition coefficient (Wildman–Crippen LogP) is 13.2. The lowest BCUT2D eigenvalue weighted by Crippen LogP contribution is -2.12. The molecular weight excluding hydrogens is 420 g/mol. The number of benzene rings is 1. The fourth-order valence-corrected chi connectivity index (χ4v) is 1.09. The maximum Gasteiger partial charge on any atom is -0.0256 e. The molecule has 0 fully saturated rings. The SMILES string of the molecule is C.CC.CC(C)C.CC(C)C(C)(C)C.CC(C)C(C)C.CC(C)Cc1ccccc1.CCC(C)C. The fraction of sp³-hybridized carbons (Fsp3) is 0.829. The zero-order chi connectivity index (χ0) is 28.5. The molecule has 0 amide bonds. The highest BCUT2D eigenvalue weighted by molar-refractivity contribution is 5.14. The van der Waals surface area contributed by atoms with Crippen LogP contribution in [0.1, 0.15) is 151 Å². The quantitative estimate of drug-likeness (QED) is 0.388. The highest BCUT2D eigenvalue weighted by Crippen LogP contribution is 2.23. The van der Waals surface area contributed by atoms with Crippen LogP contribution in [0.15, 0.2) is 30.3 Å². The van der Waals surface area contributed by atoms with Crippen molar-refractivity contribution in [2.75, 3.05) is 0 Å². The van der Waals surface area contributed by atoms with Gasteiger partial charge in [-0.25, -0.2) is 0 Å². The minimum Gasteiger partial charge on any atom is -0.0776 e. The molecule has 0 heterocycles. The zero-order valence-electron chi connectivity index (χ0n) is 27.8. The molecule has 0 saturated heterocycles. The molecule has 0 atom stereocenters. The summed E-state index contributed by atoms with van der Waals surface area (Å²) in [6.07, 6.45) is 2.50. The third kappa shape index (κ3) is 60.1. The molecule has 0 radical (unpaired) electrons. The second-order valence-corrected chi connectivity index (χ2v) is 12.6. The normalized spacial score (nSPS) is 9.97. The Balaban J connectivity index is -0.0000000759. The van der Waals surface area contributed by atoms with Gasteiger partial charge in [-0.2, -0.15) is 0 Å². The van der Waals surface area contributed by atoms with Gasteiger partial charge in [0.25, 0.3) is 0 Å². The van der Waals surface area contributed by atoms with Gasteiger partial charge in [0.1, 0.15) is 0 Å². The molecule has 0 unspecified atom stereocenters. The Morgan fingerprint density at radius 2 is 0.857 bits per heavy atom. The van der Waals surface area contributed by atoms with Gasteiger partial charge in [0.2, 0.25) is 0 Å². The molecule has 0 heteroatoms. The molecule has 0 nitrogen and oxygen atoms in total. The van der Waals surface area contributed by atoms with Crippen molar-refractivity contribution in [1.82, 2.24) is 0 Å². The Labute approximate surface area is 228 Å². The lowest BCUT2D eigenvalue weighted by molar-refractivity contribution is 0.283. The Bertz CT molecular complexity index is 432. The second kappa shape index (κ2) is 31.3. The van der Waals surface area contributed by atoms with Crippen molar-refractivity contribution in [3.05, 3.63) is 35.9 Å². The molecular formula is C35H76. The fourth-order valence-electron chi connectivity index (χ4n) is 1.09. The van der Waals surface area contributed by atoms with Gasteiger partial charge in [0.15, 0.2) is 0 Å². The summed E-state index contributed by atoms with van der Waals surface area (Å²) in [7, 11) is 0. The van der Waals surface area contributed by atoms with Crippen LogP contribution in [0.5, 0.6) is 0 Å². The average Bonchev–Trinajstić information content (AvgIpc) is 2.70. The Morgan fingerprint density at radius 3 is 1.00 bits per heavy atom. The summed E-state index contributed by atoms with van der Waals surface area (Å²) in [6.45, 7) is 41.9. The van der Waals surface area contributed by atoms with Crippen LogP contribution in [0.2, 0.25) is 0 Å². The van der Waals surface area contributed by atoms with Crippen LogP contribution in [0, 0.1) is 40.9 Å². The van der Waals surface area contributed by atoms with E-state index in [9.17, 15) is 0 Å². The molecule has 1 aromatic rings. The van der Waals surface area contributed by atoms with E-state index in [1.54, 1.807) is 0 Å². The first-order valence-corrected chi connectivity index (χ1v) is 14.4. The van der Waals surface area contributed by atoms with E-state index in [4.69, 9.17) is 0 Å². The van der Waals surface area contributed by atoms with Crippen molar-refractivity contribution in [2.45, 2.75) is 152 Å². The Morgan fingerprint density at radius 1 is 0.600 bits per heavy atom. The Hall–Kier alpha value is -0.780. The van der Waals surface area contributed by atoms with Gasteiger partial charge < -0.3 is 0 Å². The standard InChI is InChI=1S/C10H14.C7H16.C6H14.C5H12.C4H10.C2H6.CH4/c1-9(2)8-10-6-4-3-5-7-10;1-6(2)7(3,4)5;1-5(2)6(3)4;1-4-5(2)3;1-4(2)3;1-2;/h3-7,9H,8H2,1-2H3;6H,1-5H3;5-6H,1-4H3;5H,4H2,1-3H3;4H,1-3H3;1-2H3;1H4. The highest BCUT2D eigenvalue weighted by atomic mass is 14.2. The van der Waals surface area contributed by atoms with Crippen LogP contribution < -0.4 is 0 Å². The van der Waals surface area contributed by atoms with E-state index in [2.05, 4.69) is 148 Å². The van der Waals surface area contributed by atoms with Gasteiger partial charge in [-0.1, -0.05) is 176 Å². The molecule has 0 aliphatic carbocycles. The van der Waals surface area contributed by atoms with Crippen LogP contribution >= 0.6 is 0 Å². The largest absolute Gasteiger partial charge is 0.0776 e. The Kier molecular flexibility index (Phi) is 42.3. The minimum absolute atomic E-state index is 0. The van der Waals surface area contributed by atoms with Gasteiger partial charge in [-0.15, -0.1) is 0 Å². The number of hydrogen-bond donors (Lipinski definition) is 0. The van der Waals surface area contributed by atoms with Crippen LogP contribution in [0.25, 0.3) is 0 Å². The number of rotatable bonds is 4. The van der Waals surface area contributed by atoms with E-state index >= 15 is 0 Å². The molecule has 0 aliphatic rings. The van der Waals surface area contributed by atoms with E-state index in [1.165, 1.54) is 18.4 Å². The summed E-state index contributed by atoms with van der Waals surface area (Å²) in [5.74, 6) is 4.99. The molecule has 0 N–H and O–H groups in total. The van der Waals surface area contributed by atoms with Crippen molar-refractivity contribution in [2.24, 2.45) is 40.9 Å². The van der Waals surface area contributed by atoms with Crippen LogP contribution in [-0.2, 0) is 6.42 Å². The lowest BCUT2D eigenvalue weighted by atomic mass is 9.84. The minimum atomic E-state index is 0. The molecule has 216 valence electrons. The third-order valence-electron chi connectivity index (χ3n) is 5.37. The summed E-state index contributed by atoms with van der Waals surface area (Å²) in [4.78, 5) is 0. The van der Waals surface area contributed by atoms with Gasteiger partial charge in [-0.05, 0) is 52.9 Å². The highest BCUT2D eigenvalue weighted by Gasteiger charge is 2.13. The van der Waals surface area contributed by atoms with E-state index in [0.29, 0.717) is 5.41 Å². The predicted molar refractivity (Wildman–Crippen MR) is 173 cm³/mol. The van der Waals surface area contributed by atoms with Crippen LogP contribution in [-0.4, -0.2) is 0 Å². The van der Waals surface area contributed by atoms with Gasteiger partial charge in [0, 0.05) is 0 Å². The monoisotopic (exact) mass is 497 g/mol.